The van der Waals surface area contributed by atoms with E-state index < -0.39 is 8.80 Å². The van der Waals surface area contributed by atoms with Crippen LogP contribution in [-0.2, 0) is 13.3 Å². The fraction of sp³-hybridized carbons (Fsp3) is 1.00. The van der Waals surface area contributed by atoms with Crippen molar-refractivity contribution in [3.63, 3.8) is 0 Å². The van der Waals surface area contributed by atoms with E-state index in [9.17, 15) is 0 Å². The molecule has 0 aliphatic rings. The molecule has 196 valence electrons. The van der Waals surface area contributed by atoms with Crippen molar-refractivity contribution in [1.82, 2.24) is 0 Å². The average Bonchev–Trinajstić information content (AvgIpc) is 2.77. The molecule has 0 aromatic rings. The van der Waals surface area contributed by atoms with E-state index in [0.29, 0.717) is 0 Å². The summed E-state index contributed by atoms with van der Waals surface area (Å²) in [5.74, 6) is 0. The minimum atomic E-state index is -2.38. The van der Waals surface area contributed by atoms with E-state index >= 15 is 0 Å². The van der Waals surface area contributed by atoms with Crippen LogP contribution in [0.3, 0.4) is 0 Å². The second kappa shape index (κ2) is 23.1. The Morgan fingerprint density at radius 2 is 0.812 bits per heavy atom. The van der Waals surface area contributed by atoms with Crippen LogP contribution in [0.4, 0.5) is 0 Å². The summed E-state index contributed by atoms with van der Waals surface area (Å²) in [5, 5.41) is 0. The first-order chi connectivity index (χ1) is 14.9. The second-order valence-electron chi connectivity index (χ2n) is 10.1. The monoisotopic (exact) mass is 495 g/mol. The zero-order chi connectivity index (χ0) is 23.3. The van der Waals surface area contributed by atoms with Gasteiger partial charge in [-0.1, -0.05) is 90.4 Å². The maximum atomic E-state index is 5.52. The van der Waals surface area contributed by atoms with Gasteiger partial charge in [0.2, 0.25) is 0 Å². The van der Waals surface area contributed by atoms with Crippen LogP contribution in [0.15, 0.2) is 0 Å². The molecule has 0 radical (unpaired) electrons. The Bertz CT molecular complexity index is 374. The van der Waals surface area contributed by atoms with Crippen molar-refractivity contribution in [2.45, 2.75) is 122 Å². The summed E-state index contributed by atoms with van der Waals surface area (Å²) >= 11 is 0. The molecule has 0 aromatic heterocycles. The molecule has 0 fully saturated rings. The molecule has 0 saturated heterocycles. The molecule has 0 atom stereocenters. The van der Waals surface area contributed by atoms with Crippen molar-refractivity contribution < 1.29 is 30.2 Å². The highest BCUT2D eigenvalue weighted by atomic mass is 35.5. The van der Waals surface area contributed by atoms with Gasteiger partial charge in [0, 0.05) is 27.4 Å². The predicted molar refractivity (Wildman–Crippen MR) is 138 cm³/mol. The van der Waals surface area contributed by atoms with E-state index in [1.54, 1.807) is 21.3 Å². The second-order valence-corrected chi connectivity index (χ2v) is 13.2. The SMILES string of the molecule is CCCCCCCCCCCCCCCCC[N+](C)(C)CCCC[Si](OC)(OC)OC.[Cl-]. The summed E-state index contributed by atoms with van der Waals surface area (Å²) in [7, 11) is 7.47. The summed E-state index contributed by atoms with van der Waals surface area (Å²) in [4.78, 5) is 0. The lowest BCUT2D eigenvalue weighted by molar-refractivity contribution is -0.890. The Labute approximate surface area is 209 Å². The van der Waals surface area contributed by atoms with Crippen LogP contribution in [0.5, 0.6) is 0 Å². The van der Waals surface area contributed by atoms with E-state index in [1.165, 1.54) is 116 Å². The van der Waals surface area contributed by atoms with Crippen molar-refractivity contribution in [1.29, 1.82) is 0 Å². The lowest BCUT2D eigenvalue weighted by Gasteiger charge is -2.30. The minimum absolute atomic E-state index is 0. The van der Waals surface area contributed by atoms with E-state index in [2.05, 4.69) is 21.0 Å². The molecular weight excluding hydrogens is 438 g/mol. The lowest BCUT2D eigenvalue weighted by atomic mass is 10.0. The Morgan fingerprint density at radius 3 is 1.16 bits per heavy atom. The maximum absolute atomic E-state index is 5.52. The van der Waals surface area contributed by atoms with Gasteiger partial charge in [0.1, 0.15) is 0 Å². The molecule has 32 heavy (non-hydrogen) atoms. The normalized spacial score (nSPS) is 12.2. The molecule has 0 amide bonds. The van der Waals surface area contributed by atoms with Crippen LogP contribution in [0, 0.1) is 0 Å². The van der Waals surface area contributed by atoms with Crippen molar-refractivity contribution in [3.05, 3.63) is 0 Å². The molecule has 6 heteroatoms. The zero-order valence-electron chi connectivity index (χ0n) is 22.7. The quantitative estimate of drug-likeness (QED) is 0.111. The maximum Gasteiger partial charge on any atom is 0.500 e. The standard InChI is InChI=1S/C26H58NO3Si.ClH/c1-7-8-9-10-11-12-13-14-15-16-17-18-19-20-21-24-27(2,3)25-22-23-26-31(28-4,29-5)30-6;/h7-26H2,1-6H3;1H/q+1;/p-1. The first-order valence-corrected chi connectivity index (χ1v) is 15.4. The highest BCUT2D eigenvalue weighted by Crippen LogP contribution is 2.18. The third kappa shape index (κ3) is 19.8. The van der Waals surface area contributed by atoms with Crippen molar-refractivity contribution in [2.75, 3.05) is 48.5 Å². The first kappa shape index (κ1) is 34.5. The smallest absolute Gasteiger partial charge is 0.500 e. The van der Waals surface area contributed by atoms with Crippen LogP contribution in [0.25, 0.3) is 0 Å². The van der Waals surface area contributed by atoms with E-state index in [4.69, 9.17) is 13.3 Å². The fourth-order valence-electron chi connectivity index (χ4n) is 4.46. The van der Waals surface area contributed by atoms with Crippen molar-refractivity contribution in [2.24, 2.45) is 0 Å². The number of halogens is 1. The molecule has 0 aliphatic carbocycles. The van der Waals surface area contributed by atoms with Crippen LogP contribution >= 0.6 is 0 Å². The predicted octanol–water partition coefficient (Wildman–Crippen LogP) is 4.60. The molecule has 0 unspecified atom stereocenters. The summed E-state index contributed by atoms with van der Waals surface area (Å²) in [6.45, 7) is 4.81. The number of quaternary nitrogens is 1. The topological polar surface area (TPSA) is 27.7 Å². The molecule has 0 spiro atoms. The molecule has 0 heterocycles. The van der Waals surface area contributed by atoms with Crippen molar-refractivity contribution >= 4 is 8.80 Å². The highest BCUT2D eigenvalue weighted by Gasteiger charge is 2.37. The molecule has 0 aromatic carbocycles. The van der Waals surface area contributed by atoms with Gasteiger partial charge < -0.3 is 30.2 Å². The van der Waals surface area contributed by atoms with Gasteiger partial charge in [0.15, 0.2) is 0 Å². The average molecular weight is 496 g/mol. The molecule has 0 aliphatic heterocycles. The largest absolute Gasteiger partial charge is 1.00 e. The van der Waals surface area contributed by atoms with Gasteiger partial charge in [0.25, 0.3) is 0 Å². The van der Waals surface area contributed by atoms with E-state index in [0.717, 1.165) is 16.9 Å². The molecule has 4 nitrogen and oxygen atoms in total. The minimum Gasteiger partial charge on any atom is -1.00 e. The summed E-state index contributed by atoms with van der Waals surface area (Å²) in [6, 6.07) is 0.912. The Kier molecular flexibility index (Phi) is 24.9. The number of nitrogens with zero attached hydrogens (tertiary/aromatic N) is 1. The number of hydrogen-bond donors (Lipinski definition) is 0. The van der Waals surface area contributed by atoms with Crippen LogP contribution in [0.1, 0.15) is 116 Å². The van der Waals surface area contributed by atoms with Gasteiger partial charge in [-0.3, -0.25) is 0 Å². The summed E-state index contributed by atoms with van der Waals surface area (Å²) in [6.07, 6.45) is 23.8. The molecule has 0 bridgehead atoms. The summed E-state index contributed by atoms with van der Waals surface area (Å²) in [5.41, 5.74) is 0. The van der Waals surface area contributed by atoms with Gasteiger partial charge in [-0.2, -0.15) is 0 Å². The zero-order valence-corrected chi connectivity index (χ0v) is 24.4. The Hall–Kier alpha value is 0.347. The lowest BCUT2D eigenvalue weighted by Crippen LogP contribution is -3.00. The number of unbranched alkanes of at least 4 members (excludes halogenated alkanes) is 15. The van der Waals surface area contributed by atoms with E-state index in [-0.39, 0.29) is 12.4 Å². The number of hydrogen-bond acceptors (Lipinski definition) is 3. The van der Waals surface area contributed by atoms with Gasteiger partial charge in [-0.15, -0.1) is 0 Å². The number of rotatable bonds is 24. The first-order valence-electron chi connectivity index (χ1n) is 13.4. The third-order valence-electron chi connectivity index (χ3n) is 6.80. The molecule has 0 rings (SSSR count). The fourth-order valence-corrected chi connectivity index (χ4v) is 6.26. The van der Waals surface area contributed by atoms with Crippen LogP contribution < -0.4 is 12.4 Å². The van der Waals surface area contributed by atoms with Crippen LogP contribution in [-0.4, -0.2) is 61.8 Å². The van der Waals surface area contributed by atoms with E-state index in [1.807, 2.05) is 0 Å². The van der Waals surface area contributed by atoms with Crippen LogP contribution in [0.2, 0.25) is 6.04 Å². The van der Waals surface area contributed by atoms with Gasteiger partial charge in [0.05, 0.1) is 27.2 Å². The van der Waals surface area contributed by atoms with Crippen molar-refractivity contribution in [3.8, 4) is 0 Å². The Morgan fingerprint density at radius 1 is 0.500 bits per heavy atom. The van der Waals surface area contributed by atoms with Gasteiger partial charge in [-0.05, 0) is 25.7 Å². The van der Waals surface area contributed by atoms with Gasteiger partial charge >= 0.3 is 8.80 Å². The van der Waals surface area contributed by atoms with Gasteiger partial charge in [-0.25, -0.2) is 0 Å². The summed E-state index contributed by atoms with van der Waals surface area (Å²) < 4.78 is 17.7. The molecule has 0 N–H and O–H groups in total. The molecular formula is C26H58ClNO3Si. The Balaban J connectivity index is 0. The highest BCUT2D eigenvalue weighted by molar-refractivity contribution is 6.60. The third-order valence-corrected chi connectivity index (χ3v) is 9.63. The molecule has 0 saturated carbocycles.